The van der Waals surface area contributed by atoms with Gasteiger partial charge in [0.15, 0.2) is 14.6 Å². The highest BCUT2D eigenvalue weighted by molar-refractivity contribution is 7.93. The Balaban J connectivity index is 1.80. The Morgan fingerprint density at radius 3 is 1.84 bits per heavy atom. The molecule has 1 aliphatic rings. The van der Waals surface area contributed by atoms with Crippen molar-refractivity contribution >= 4 is 15.8 Å². The minimum atomic E-state index is -4.06. The van der Waals surface area contributed by atoms with Crippen molar-refractivity contribution in [2.75, 3.05) is 13.1 Å². The summed E-state index contributed by atoms with van der Waals surface area (Å²) in [6.45, 7) is 9.17. The highest BCUT2D eigenvalue weighted by Crippen LogP contribution is 2.37. The van der Waals surface area contributed by atoms with Gasteiger partial charge < -0.3 is 14.7 Å². The second kappa shape index (κ2) is 9.01. The Morgan fingerprint density at radius 2 is 1.42 bits per heavy atom. The third-order valence-corrected chi connectivity index (χ3v) is 8.66. The van der Waals surface area contributed by atoms with E-state index in [0.29, 0.717) is 30.5 Å². The Hall–Kier alpha value is -2.38. The van der Waals surface area contributed by atoms with Crippen molar-refractivity contribution in [1.82, 2.24) is 4.90 Å². The van der Waals surface area contributed by atoms with Crippen molar-refractivity contribution in [2.24, 2.45) is 0 Å². The molecule has 0 aliphatic carbocycles. The van der Waals surface area contributed by atoms with Crippen LogP contribution < -0.4 is 4.74 Å². The van der Waals surface area contributed by atoms with E-state index in [1.165, 1.54) is 17.7 Å². The van der Waals surface area contributed by atoms with Gasteiger partial charge in [0, 0.05) is 19.1 Å². The summed E-state index contributed by atoms with van der Waals surface area (Å²) < 4.78 is 30.7. The summed E-state index contributed by atoms with van der Waals surface area (Å²) in [7, 11) is -4.06. The third-order valence-electron chi connectivity index (χ3n) is 6.16. The number of benzene rings is 2. The lowest BCUT2D eigenvalue weighted by atomic mass is 9.95. The van der Waals surface area contributed by atoms with Gasteiger partial charge in [-0.05, 0) is 74.6 Å². The van der Waals surface area contributed by atoms with Crippen molar-refractivity contribution in [2.45, 2.75) is 62.1 Å². The first-order valence-electron chi connectivity index (χ1n) is 10.7. The van der Waals surface area contributed by atoms with Gasteiger partial charge in [-0.2, -0.15) is 0 Å². The lowest BCUT2D eigenvalue weighted by Crippen LogP contribution is -2.55. The van der Waals surface area contributed by atoms with E-state index in [-0.39, 0.29) is 23.8 Å². The zero-order valence-electron chi connectivity index (χ0n) is 18.5. The fourth-order valence-electron chi connectivity index (χ4n) is 3.97. The maximum atomic E-state index is 13.4. The van der Waals surface area contributed by atoms with Gasteiger partial charge in [0.25, 0.3) is 0 Å². The number of carboxylic acid groups (broad SMARTS) is 1. The van der Waals surface area contributed by atoms with Crippen LogP contribution in [0.1, 0.15) is 52.0 Å². The van der Waals surface area contributed by atoms with Gasteiger partial charge in [0.05, 0.1) is 4.90 Å². The number of nitrogens with zero attached hydrogens (tertiary/aromatic N) is 1. The smallest absolute Gasteiger partial charge is 0.325 e. The van der Waals surface area contributed by atoms with Gasteiger partial charge in [-0.3, -0.25) is 4.79 Å². The summed E-state index contributed by atoms with van der Waals surface area (Å²) in [6, 6.07) is 14.0. The molecule has 0 radical (unpaired) electrons. The van der Waals surface area contributed by atoms with E-state index in [0.717, 1.165) is 0 Å². The molecule has 0 aromatic heterocycles. The average Bonchev–Trinajstić information content (AvgIpc) is 2.74. The zero-order chi connectivity index (χ0) is 22.8. The van der Waals surface area contributed by atoms with E-state index in [1.807, 2.05) is 38.1 Å². The molecule has 0 amide bonds. The number of carboxylic acids is 1. The molecule has 0 atom stereocenters. The van der Waals surface area contributed by atoms with Gasteiger partial charge >= 0.3 is 5.97 Å². The normalized spacial score (nSPS) is 17.1. The highest BCUT2D eigenvalue weighted by atomic mass is 32.2. The molecule has 7 heteroatoms. The van der Waals surface area contributed by atoms with Crippen LogP contribution in [0.2, 0.25) is 0 Å². The van der Waals surface area contributed by atoms with Crippen LogP contribution in [0.5, 0.6) is 11.5 Å². The van der Waals surface area contributed by atoms with Crippen molar-refractivity contribution in [3.63, 3.8) is 0 Å². The van der Waals surface area contributed by atoms with Gasteiger partial charge in [-0.1, -0.05) is 26.0 Å². The summed E-state index contributed by atoms with van der Waals surface area (Å²) in [5.41, 5.74) is 1.20. The van der Waals surface area contributed by atoms with Gasteiger partial charge in [0.2, 0.25) is 0 Å². The van der Waals surface area contributed by atoms with Crippen LogP contribution in [0.3, 0.4) is 0 Å². The number of carbonyl (C=O) groups is 1. The van der Waals surface area contributed by atoms with Crippen molar-refractivity contribution in [3.8, 4) is 11.5 Å². The number of piperidine rings is 1. The van der Waals surface area contributed by atoms with Crippen LogP contribution in [0.15, 0.2) is 53.4 Å². The highest BCUT2D eigenvalue weighted by Gasteiger charge is 2.53. The molecule has 168 valence electrons. The number of likely N-dealkylation sites (tertiary alicyclic amines) is 1. The van der Waals surface area contributed by atoms with Crippen LogP contribution in [-0.4, -0.2) is 48.3 Å². The molecule has 0 bridgehead atoms. The van der Waals surface area contributed by atoms with Gasteiger partial charge in [-0.15, -0.1) is 0 Å². The number of rotatable bonds is 7. The molecule has 6 nitrogen and oxygen atoms in total. The molecule has 0 unspecified atom stereocenters. The van der Waals surface area contributed by atoms with E-state index < -0.39 is 20.6 Å². The van der Waals surface area contributed by atoms with Crippen molar-refractivity contribution in [3.05, 3.63) is 54.1 Å². The van der Waals surface area contributed by atoms with Gasteiger partial charge in [-0.25, -0.2) is 8.42 Å². The molecule has 0 spiro atoms. The Morgan fingerprint density at radius 1 is 0.935 bits per heavy atom. The summed E-state index contributed by atoms with van der Waals surface area (Å²) in [5, 5.41) is 9.90. The molecular weight excluding hydrogens is 414 g/mol. The second-order valence-electron chi connectivity index (χ2n) is 8.73. The Kier molecular flexibility index (Phi) is 6.76. The third kappa shape index (κ3) is 4.62. The standard InChI is InChI=1S/C24H31NO5S/c1-17(2)19-5-7-20(8-6-19)30-21-9-11-22(12-10-21)31(28,29)24(23(26)27)13-15-25(16-14-24)18(3)4/h5-12,17-18H,13-16H2,1-4H3,(H,26,27). The zero-order valence-corrected chi connectivity index (χ0v) is 19.4. The molecule has 1 N–H and O–H groups in total. The monoisotopic (exact) mass is 445 g/mol. The summed E-state index contributed by atoms with van der Waals surface area (Å²) in [4.78, 5) is 14.3. The number of ether oxygens (including phenoxy) is 1. The second-order valence-corrected chi connectivity index (χ2v) is 11.0. The SMILES string of the molecule is CC(C)c1ccc(Oc2ccc(S(=O)(=O)C3(C(=O)O)CCN(C(C)C)CC3)cc2)cc1. The molecule has 0 saturated carbocycles. The number of sulfone groups is 1. The first-order chi connectivity index (χ1) is 14.6. The van der Waals surface area contributed by atoms with Crippen LogP contribution in [-0.2, 0) is 14.6 Å². The van der Waals surface area contributed by atoms with Crippen LogP contribution in [0, 0.1) is 0 Å². The minimum absolute atomic E-state index is 0.00963. The predicted molar refractivity (Wildman–Crippen MR) is 121 cm³/mol. The fraction of sp³-hybridized carbons (Fsp3) is 0.458. The van der Waals surface area contributed by atoms with E-state index in [9.17, 15) is 18.3 Å². The van der Waals surface area contributed by atoms with E-state index in [2.05, 4.69) is 18.7 Å². The van der Waals surface area contributed by atoms with Crippen molar-refractivity contribution in [1.29, 1.82) is 0 Å². The lowest BCUT2D eigenvalue weighted by Gasteiger charge is -2.39. The minimum Gasteiger partial charge on any atom is -0.480 e. The Labute approximate surface area is 184 Å². The molecule has 1 saturated heterocycles. The van der Waals surface area contributed by atoms with Gasteiger partial charge in [0.1, 0.15) is 11.5 Å². The molecule has 31 heavy (non-hydrogen) atoms. The van der Waals surface area contributed by atoms with Crippen LogP contribution in [0.4, 0.5) is 0 Å². The molecular formula is C24H31NO5S. The largest absolute Gasteiger partial charge is 0.480 e. The van der Waals surface area contributed by atoms with Crippen LogP contribution >= 0.6 is 0 Å². The summed E-state index contributed by atoms with van der Waals surface area (Å²) >= 11 is 0. The number of aliphatic carboxylic acids is 1. The number of hydrogen-bond donors (Lipinski definition) is 1. The Bertz CT molecular complexity index is 1000. The lowest BCUT2D eigenvalue weighted by molar-refractivity contribution is -0.141. The molecule has 3 rings (SSSR count). The van der Waals surface area contributed by atoms with E-state index in [4.69, 9.17) is 4.74 Å². The number of hydrogen-bond acceptors (Lipinski definition) is 5. The van der Waals surface area contributed by atoms with Crippen LogP contribution in [0.25, 0.3) is 0 Å². The topological polar surface area (TPSA) is 83.9 Å². The molecule has 1 aliphatic heterocycles. The first kappa shape index (κ1) is 23.3. The maximum absolute atomic E-state index is 13.4. The average molecular weight is 446 g/mol. The van der Waals surface area contributed by atoms with E-state index in [1.54, 1.807) is 12.1 Å². The van der Waals surface area contributed by atoms with Crippen molar-refractivity contribution < 1.29 is 23.1 Å². The predicted octanol–water partition coefficient (Wildman–Crippen LogP) is 4.70. The fourth-order valence-corrected chi connectivity index (χ4v) is 5.86. The molecule has 1 heterocycles. The quantitative estimate of drug-likeness (QED) is 0.665. The summed E-state index contributed by atoms with van der Waals surface area (Å²) in [6.07, 6.45) is 0.145. The maximum Gasteiger partial charge on any atom is 0.325 e. The molecule has 1 fully saturated rings. The molecule has 2 aromatic rings. The van der Waals surface area contributed by atoms with E-state index >= 15 is 0 Å². The first-order valence-corrected chi connectivity index (χ1v) is 12.1. The summed E-state index contributed by atoms with van der Waals surface area (Å²) in [5.74, 6) is 0.298. The molecule has 2 aromatic carbocycles.